The van der Waals surface area contributed by atoms with Crippen molar-refractivity contribution in [3.05, 3.63) is 152 Å². The molecule has 0 radical (unpaired) electrons. The van der Waals surface area contributed by atoms with E-state index in [4.69, 9.17) is 0 Å². The Kier molecular flexibility index (Phi) is 19.3. The monoisotopic (exact) mass is 1060 g/mol. The van der Waals surface area contributed by atoms with Crippen molar-refractivity contribution < 1.29 is 19.2 Å². The molecule has 4 heterocycles. The molecule has 6 aromatic rings. The summed E-state index contributed by atoms with van der Waals surface area (Å²) >= 11 is 3.29. The first kappa shape index (κ1) is 55.8. The molecule has 77 heavy (non-hydrogen) atoms. The van der Waals surface area contributed by atoms with Crippen molar-refractivity contribution in [1.29, 1.82) is 0 Å². The van der Waals surface area contributed by atoms with Gasteiger partial charge in [0.2, 0.25) is 11.6 Å². The van der Waals surface area contributed by atoms with E-state index in [0.29, 0.717) is 35.6 Å². The summed E-state index contributed by atoms with van der Waals surface area (Å²) in [4.78, 5) is 64.1. The first-order valence-corrected chi connectivity index (χ1v) is 31.2. The number of hydrogen-bond acceptors (Lipinski definition) is 6. The second kappa shape index (κ2) is 26.6. The van der Waals surface area contributed by atoms with Crippen molar-refractivity contribution in [2.45, 2.75) is 174 Å². The molecule has 402 valence electrons. The summed E-state index contributed by atoms with van der Waals surface area (Å²) in [6.45, 7) is 10.1. The minimum Gasteiger partial charge on any atom is -0.307 e. The van der Waals surface area contributed by atoms with Gasteiger partial charge in [0, 0.05) is 49.1 Å². The lowest BCUT2D eigenvalue weighted by Gasteiger charge is -2.33. The lowest BCUT2D eigenvalue weighted by atomic mass is 9.70. The number of carbonyl (C=O) groups is 4. The first-order valence-electron chi connectivity index (χ1n) is 29.6. The molecule has 2 aromatic heterocycles. The highest BCUT2D eigenvalue weighted by Gasteiger charge is 2.43. The molecule has 0 spiro atoms. The predicted octanol–water partition coefficient (Wildman–Crippen LogP) is 19.3. The van der Waals surface area contributed by atoms with Crippen molar-refractivity contribution in [2.75, 3.05) is 22.9 Å². The molecule has 6 nitrogen and oxygen atoms in total. The van der Waals surface area contributed by atoms with Crippen LogP contribution in [0.15, 0.2) is 120 Å². The van der Waals surface area contributed by atoms with Crippen molar-refractivity contribution in [2.24, 2.45) is 0 Å². The smallest absolute Gasteiger partial charge is 0.262 e. The number of Topliss-reactive ketones (excluding diaryl/α,β-unsaturated/α-hetero) is 2. The van der Waals surface area contributed by atoms with E-state index in [1.54, 1.807) is 22.7 Å². The van der Waals surface area contributed by atoms with E-state index in [9.17, 15) is 19.2 Å². The zero-order valence-corrected chi connectivity index (χ0v) is 48.0. The van der Waals surface area contributed by atoms with E-state index in [1.807, 2.05) is 70.5 Å². The molecule has 2 aliphatic heterocycles. The Bertz CT molecular complexity index is 2910. The van der Waals surface area contributed by atoms with Gasteiger partial charge in [-0.15, -0.1) is 22.7 Å². The maximum Gasteiger partial charge on any atom is 0.262 e. The third-order valence-corrected chi connectivity index (χ3v) is 18.6. The molecule has 9 rings (SSSR count). The Morgan fingerprint density at radius 3 is 1.19 bits per heavy atom. The molecule has 0 saturated heterocycles. The SMILES string of the molecule is CCCCCCCCC1(CCCCCCCC)c2cc(-c3ccc(/C=C4/C(=O)c5ccccc5N(CCCCCC)C4=O)s3)ccc2-c2ccc(-c3ccc(/C=C4/C(=O)c5ccccc5N(CCCCCC)C4=O)s3)cc21. The summed E-state index contributed by atoms with van der Waals surface area (Å²) in [7, 11) is 0. The van der Waals surface area contributed by atoms with Crippen LogP contribution in [0.25, 0.3) is 44.2 Å². The zero-order chi connectivity index (χ0) is 53.7. The minimum atomic E-state index is -0.208. The van der Waals surface area contributed by atoms with Crippen LogP contribution >= 0.6 is 22.7 Å². The van der Waals surface area contributed by atoms with Crippen LogP contribution in [0.2, 0.25) is 0 Å². The highest BCUT2D eigenvalue weighted by Crippen LogP contribution is 2.56. The minimum absolute atomic E-state index is 0.180. The number of amides is 2. The van der Waals surface area contributed by atoms with Crippen LogP contribution in [-0.4, -0.2) is 36.5 Å². The Morgan fingerprint density at radius 2 is 0.779 bits per heavy atom. The number of ketones is 2. The summed E-state index contributed by atoms with van der Waals surface area (Å²) in [5.41, 5.74) is 10.7. The Hall–Kier alpha value is -5.96. The summed E-state index contributed by atoms with van der Waals surface area (Å²) in [5, 5.41) is 0. The lowest BCUT2D eigenvalue weighted by molar-refractivity contribution is -0.115. The number of thiophene rings is 2. The van der Waals surface area contributed by atoms with E-state index in [1.165, 1.54) is 86.5 Å². The van der Waals surface area contributed by atoms with E-state index in [2.05, 4.69) is 88.4 Å². The third-order valence-electron chi connectivity index (χ3n) is 16.5. The number of fused-ring (bicyclic) bond motifs is 5. The number of rotatable bonds is 28. The van der Waals surface area contributed by atoms with Crippen molar-refractivity contribution >= 4 is 69.6 Å². The molecular formula is C69H80N2O4S2. The van der Waals surface area contributed by atoms with E-state index in [-0.39, 0.29) is 39.9 Å². The fraction of sp³-hybridized carbons (Fsp3) is 0.420. The van der Waals surface area contributed by atoms with Crippen molar-refractivity contribution in [3.8, 4) is 32.0 Å². The standard InChI is InChI=1S/C69H80N2O4S2/c1-5-9-13-17-19-25-41-69(42-26-20-18-14-10-6-2)59-45-49(63-39-35-51(76-63)47-57-65(72)55-29-21-23-31-61(55)70(67(57)74)43-27-15-11-7-3)33-37-53(59)54-38-34-50(46-60(54)69)64-40-36-52(77-64)48-58-66(73)56-30-22-24-32-62(56)71(68(58)75)44-28-16-12-8-4/h21-24,29-40,45-48H,5-20,25-28,41-44H2,1-4H3/b57-47-,58-48-. The molecule has 0 bridgehead atoms. The molecule has 4 aromatic carbocycles. The average Bonchev–Trinajstić information content (AvgIpc) is 4.27. The maximum absolute atomic E-state index is 14.2. The van der Waals surface area contributed by atoms with E-state index < -0.39 is 0 Å². The highest BCUT2D eigenvalue weighted by atomic mass is 32.1. The van der Waals surface area contributed by atoms with Crippen molar-refractivity contribution in [1.82, 2.24) is 0 Å². The van der Waals surface area contributed by atoms with Gasteiger partial charge < -0.3 is 9.80 Å². The van der Waals surface area contributed by atoms with E-state index >= 15 is 0 Å². The predicted molar refractivity (Wildman–Crippen MR) is 326 cm³/mol. The summed E-state index contributed by atoms with van der Waals surface area (Å²) in [6, 6.07) is 37.8. The quantitative estimate of drug-likeness (QED) is 0.0279. The van der Waals surface area contributed by atoms with Gasteiger partial charge in [-0.3, -0.25) is 19.2 Å². The van der Waals surface area contributed by atoms with Crippen molar-refractivity contribution in [3.63, 3.8) is 0 Å². The van der Waals surface area contributed by atoms with Gasteiger partial charge in [-0.05, 0) is 132 Å². The largest absolute Gasteiger partial charge is 0.307 e. The number of anilines is 2. The highest BCUT2D eigenvalue weighted by molar-refractivity contribution is 7.16. The van der Waals surface area contributed by atoms with Gasteiger partial charge in [-0.25, -0.2) is 0 Å². The molecule has 0 saturated carbocycles. The molecule has 0 atom stereocenters. The van der Waals surface area contributed by atoms with Crippen LogP contribution in [0, 0.1) is 0 Å². The molecule has 1 aliphatic carbocycles. The van der Waals surface area contributed by atoms with Crippen LogP contribution in [0.3, 0.4) is 0 Å². The Labute approximate surface area is 467 Å². The van der Waals surface area contributed by atoms with Gasteiger partial charge >= 0.3 is 0 Å². The van der Waals surface area contributed by atoms with Crippen LogP contribution in [-0.2, 0) is 15.0 Å². The fourth-order valence-corrected chi connectivity index (χ4v) is 14.1. The van der Waals surface area contributed by atoms with Gasteiger partial charge in [0.05, 0.1) is 22.5 Å². The molecule has 0 unspecified atom stereocenters. The topological polar surface area (TPSA) is 74.8 Å². The Balaban J connectivity index is 1.05. The van der Waals surface area contributed by atoms with Crippen LogP contribution in [0.5, 0.6) is 0 Å². The maximum atomic E-state index is 14.2. The van der Waals surface area contributed by atoms with Crippen LogP contribution in [0.1, 0.15) is 211 Å². The summed E-state index contributed by atoms with van der Waals surface area (Å²) in [6.07, 6.45) is 29.0. The molecule has 2 amide bonds. The van der Waals surface area contributed by atoms with E-state index in [0.717, 1.165) is 108 Å². The molecule has 3 aliphatic rings. The molecule has 0 fully saturated rings. The number of benzene rings is 4. The zero-order valence-electron chi connectivity index (χ0n) is 46.4. The molecule has 8 heteroatoms. The van der Waals surface area contributed by atoms with Crippen LogP contribution in [0.4, 0.5) is 11.4 Å². The van der Waals surface area contributed by atoms with Gasteiger partial charge in [-0.2, -0.15) is 0 Å². The molecular weight excluding hydrogens is 985 g/mol. The average molecular weight is 1070 g/mol. The van der Waals surface area contributed by atoms with Gasteiger partial charge in [0.25, 0.3) is 11.8 Å². The number of para-hydroxylation sites is 2. The van der Waals surface area contributed by atoms with Gasteiger partial charge in [-0.1, -0.05) is 192 Å². The fourth-order valence-electron chi connectivity index (χ4n) is 12.2. The number of hydrogen-bond donors (Lipinski definition) is 0. The summed E-state index contributed by atoms with van der Waals surface area (Å²) < 4.78 is 0. The second-order valence-electron chi connectivity index (χ2n) is 21.9. The first-order chi connectivity index (χ1) is 37.7. The van der Waals surface area contributed by atoms with Crippen LogP contribution < -0.4 is 9.80 Å². The Morgan fingerprint density at radius 1 is 0.403 bits per heavy atom. The lowest BCUT2D eigenvalue weighted by Crippen LogP contribution is -2.40. The van der Waals surface area contributed by atoms with Gasteiger partial charge in [0.1, 0.15) is 0 Å². The second-order valence-corrected chi connectivity index (χ2v) is 24.1. The number of carbonyl (C=O) groups excluding carboxylic acids is 4. The summed E-state index contributed by atoms with van der Waals surface area (Å²) in [5.74, 6) is -0.823. The number of nitrogens with zero attached hydrogens (tertiary/aromatic N) is 2. The number of unbranched alkanes of at least 4 members (excludes halogenated alkanes) is 16. The molecule has 0 N–H and O–H groups in total. The third kappa shape index (κ3) is 12.3. The van der Waals surface area contributed by atoms with Gasteiger partial charge in [0.15, 0.2) is 0 Å². The normalized spacial score (nSPS) is 15.7.